The van der Waals surface area contributed by atoms with E-state index in [4.69, 9.17) is 21.2 Å². The molecule has 1 unspecified atom stereocenters. The molecule has 1 aliphatic heterocycles. The van der Waals surface area contributed by atoms with Crippen LogP contribution in [0, 0.1) is 5.82 Å². The monoisotopic (exact) mass is 424 g/mol. The Morgan fingerprint density at radius 1 is 1.10 bits per heavy atom. The van der Waals surface area contributed by atoms with Gasteiger partial charge in [-0.2, -0.15) is 0 Å². The van der Waals surface area contributed by atoms with Gasteiger partial charge < -0.3 is 14.9 Å². The Bertz CT molecular complexity index is 1090. The molecule has 1 atom stereocenters. The minimum atomic E-state index is -0.728. The topological polar surface area (TPSA) is 59.9 Å². The second-order valence-corrected chi connectivity index (χ2v) is 7.12. The van der Waals surface area contributed by atoms with Crippen LogP contribution in [0.15, 0.2) is 78.0 Å². The minimum absolute atomic E-state index is 0.121. The minimum Gasteiger partial charge on any atom is -0.489 e. The molecular weight excluding hydrogens is 407 g/mol. The maximum absolute atomic E-state index is 13.6. The van der Waals surface area contributed by atoms with Crippen molar-refractivity contribution in [2.24, 2.45) is 5.16 Å². The SMILES string of the molecule is O=C(Nc1ccc(OCc2ccccc2F)cc1)C1CC(c2ccccc2Cl)=NO1. The van der Waals surface area contributed by atoms with Crippen molar-refractivity contribution in [3.8, 4) is 5.75 Å². The summed E-state index contributed by atoms with van der Waals surface area (Å²) in [6.07, 6.45) is -0.396. The third-order valence-corrected chi connectivity index (χ3v) is 4.95. The first kappa shape index (κ1) is 19.9. The number of carbonyl (C=O) groups is 1. The standard InChI is InChI=1S/C23H18ClFN2O3/c24-19-7-3-2-6-18(19)21-13-22(30-27-21)23(28)26-16-9-11-17(12-10-16)29-14-15-5-1-4-8-20(15)25/h1-12,22H,13-14H2,(H,26,28). The summed E-state index contributed by atoms with van der Waals surface area (Å²) in [4.78, 5) is 17.8. The van der Waals surface area contributed by atoms with Crippen LogP contribution in [0.2, 0.25) is 5.02 Å². The van der Waals surface area contributed by atoms with Crippen LogP contribution in [0.25, 0.3) is 0 Å². The van der Waals surface area contributed by atoms with Gasteiger partial charge in [0.05, 0.1) is 5.71 Å². The molecule has 1 heterocycles. The molecule has 0 aliphatic carbocycles. The number of hydrogen-bond acceptors (Lipinski definition) is 4. The average Bonchev–Trinajstić information content (AvgIpc) is 3.25. The Morgan fingerprint density at radius 3 is 2.60 bits per heavy atom. The van der Waals surface area contributed by atoms with Crippen molar-refractivity contribution in [1.29, 1.82) is 0 Å². The van der Waals surface area contributed by atoms with E-state index in [2.05, 4.69) is 10.5 Å². The Hall–Kier alpha value is -3.38. The molecule has 0 fully saturated rings. The Labute approximate surface area is 178 Å². The molecule has 1 amide bonds. The second kappa shape index (κ2) is 8.97. The quantitative estimate of drug-likeness (QED) is 0.592. The highest BCUT2D eigenvalue weighted by molar-refractivity contribution is 6.34. The number of rotatable bonds is 6. The maximum Gasteiger partial charge on any atom is 0.268 e. The number of nitrogens with zero attached hydrogens (tertiary/aromatic N) is 1. The van der Waals surface area contributed by atoms with Crippen molar-refractivity contribution in [2.75, 3.05) is 5.32 Å². The zero-order chi connectivity index (χ0) is 20.9. The number of hydrogen-bond donors (Lipinski definition) is 1. The van der Waals surface area contributed by atoms with Gasteiger partial charge in [0, 0.05) is 28.3 Å². The van der Waals surface area contributed by atoms with Crippen LogP contribution in [-0.4, -0.2) is 17.7 Å². The van der Waals surface area contributed by atoms with E-state index in [-0.39, 0.29) is 18.3 Å². The van der Waals surface area contributed by atoms with Crippen LogP contribution in [0.4, 0.5) is 10.1 Å². The normalized spacial score (nSPS) is 15.3. The van der Waals surface area contributed by atoms with Crippen molar-refractivity contribution in [1.82, 2.24) is 0 Å². The van der Waals surface area contributed by atoms with Gasteiger partial charge >= 0.3 is 0 Å². The Balaban J connectivity index is 1.31. The largest absolute Gasteiger partial charge is 0.489 e. The van der Waals surface area contributed by atoms with Gasteiger partial charge in [0.25, 0.3) is 5.91 Å². The van der Waals surface area contributed by atoms with Crippen molar-refractivity contribution in [3.05, 3.63) is 94.8 Å². The first-order valence-corrected chi connectivity index (χ1v) is 9.72. The molecule has 0 saturated carbocycles. The van der Waals surface area contributed by atoms with Gasteiger partial charge in [0.15, 0.2) is 0 Å². The van der Waals surface area contributed by atoms with Gasteiger partial charge in [-0.3, -0.25) is 4.79 Å². The number of carbonyl (C=O) groups excluding carboxylic acids is 1. The van der Waals surface area contributed by atoms with Crippen LogP contribution >= 0.6 is 11.6 Å². The summed E-state index contributed by atoms with van der Waals surface area (Å²) >= 11 is 6.18. The molecule has 0 bridgehead atoms. The number of nitrogens with one attached hydrogen (secondary N) is 1. The lowest BCUT2D eigenvalue weighted by Crippen LogP contribution is -2.28. The Kier molecular flexibility index (Phi) is 5.95. The van der Waals surface area contributed by atoms with Crippen molar-refractivity contribution in [2.45, 2.75) is 19.1 Å². The van der Waals surface area contributed by atoms with Crippen molar-refractivity contribution in [3.63, 3.8) is 0 Å². The lowest BCUT2D eigenvalue weighted by atomic mass is 10.0. The van der Waals surface area contributed by atoms with Gasteiger partial charge in [0.1, 0.15) is 18.2 Å². The van der Waals surface area contributed by atoms with Crippen LogP contribution in [0.5, 0.6) is 5.75 Å². The summed E-state index contributed by atoms with van der Waals surface area (Å²) in [7, 11) is 0. The summed E-state index contributed by atoms with van der Waals surface area (Å²) < 4.78 is 19.2. The summed E-state index contributed by atoms with van der Waals surface area (Å²) in [5.74, 6) is -0.0464. The fourth-order valence-corrected chi connectivity index (χ4v) is 3.25. The molecule has 1 aliphatic rings. The van der Waals surface area contributed by atoms with E-state index in [0.29, 0.717) is 34.2 Å². The number of benzene rings is 3. The highest BCUT2D eigenvalue weighted by atomic mass is 35.5. The van der Waals surface area contributed by atoms with Gasteiger partial charge in [-0.25, -0.2) is 4.39 Å². The molecule has 4 rings (SSSR count). The molecule has 7 heteroatoms. The summed E-state index contributed by atoms with van der Waals surface area (Å²) in [6, 6.07) is 20.6. The highest BCUT2D eigenvalue weighted by Crippen LogP contribution is 2.24. The summed E-state index contributed by atoms with van der Waals surface area (Å²) in [5, 5.41) is 7.36. The fourth-order valence-electron chi connectivity index (χ4n) is 3.01. The molecule has 152 valence electrons. The second-order valence-electron chi connectivity index (χ2n) is 6.71. The molecule has 3 aromatic rings. The first-order valence-electron chi connectivity index (χ1n) is 9.35. The number of amides is 1. The zero-order valence-corrected chi connectivity index (χ0v) is 16.6. The summed E-state index contributed by atoms with van der Waals surface area (Å²) in [5.41, 5.74) is 2.46. The molecule has 5 nitrogen and oxygen atoms in total. The molecule has 0 saturated heterocycles. The van der Waals surface area contributed by atoms with Crippen LogP contribution in [-0.2, 0) is 16.2 Å². The van der Waals surface area contributed by atoms with Gasteiger partial charge in [0.2, 0.25) is 6.10 Å². The number of halogens is 2. The predicted molar refractivity (Wildman–Crippen MR) is 113 cm³/mol. The molecule has 0 radical (unpaired) electrons. The smallest absolute Gasteiger partial charge is 0.268 e. The number of ether oxygens (including phenoxy) is 1. The van der Waals surface area contributed by atoms with E-state index >= 15 is 0 Å². The van der Waals surface area contributed by atoms with E-state index < -0.39 is 6.10 Å². The maximum atomic E-state index is 13.6. The molecule has 0 spiro atoms. The lowest BCUT2D eigenvalue weighted by Gasteiger charge is -2.11. The molecule has 3 aromatic carbocycles. The lowest BCUT2D eigenvalue weighted by molar-refractivity contribution is -0.125. The molecule has 30 heavy (non-hydrogen) atoms. The Morgan fingerprint density at radius 2 is 1.83 bits per heavy atom. The molecular formula is C23H18ClFN2O3. The third-order valence-electron chi connectivity index (χ3n) is 4.62. The van der Waals surface area contributed by atoms with Gasteiger partial charge in [-0.1, -0.05) is 53.2 Å². The average molecular weight is 425 g/mol. The van der Waals surface area contributed by atoms with E-state index in [0.717, 1.165) is 5.56 Å². The van der Waals surface area contributed by atoms with E-state index in [9.17, 15) is 9.18 Å². The van der Waals surface area contributed by atoms with Gasteiger partial charge in [-0.15, -0.1) is 0 Å². The van der Waals surface area contributed by atoms with E-state index in [1.165, 1.54) is 6.07 Å². The summed E-state index contributed by atoms with van der Waals surface area (Å²) in [6.45, 7) is 0.121. The van der Waals surface area contributed by atoms with Crippen LogP contribution in [0.1, 0.15) is 17.5 Å². The van der Waals surface area contributed by atoms with Crippen LogP contribution < -0.4 is 10.1 Å². The number of anilines is 1. The van der Waals surface area contributed by atoms with Crippen molar-refractivity contribution >= 4 is 28.9 Å². The van der Waals surface area contributed by atoms with E-state index in [1.54, 1.807) is 48.5 Å². The van der Waals surface area contributed by atoms with Crippen LogP contribution in [0.3, 0.4) is 0 Å². The third kappa shape index (κ3) is 4.60. The number of oxime groups is 1. The fraction of sp³-hybridized carbons (Fsp3) is 0.130. The molecule has 1 N–H and O–H groups in total. The highest BCUT2D eigenvalue weighted by Gasteiger charge is 2.29. The van der Waals surface area contributed by atoms with Gasteiger partial charge in [-0.05, 0) is 36.4 Å². The zero-order valence-electron chi connectivity index (χ0n) is 15.8. The van der Waals surface area contributed by atoms with Crippen molar-refractivity contribution < 1.29 is 18.8 Å². The predicted octanol–water partition coefficient (Wildman–Crippen LogP) is 5.19. The van der Waals surface area contributed by atoms with E-state index in [1.807, 2.05) is 18.2 Å². The molecule has 0 aromatic heterocycles. The first-order chi connectivity index (χ1) is 14.6.